The van der Waals surface area contributed by atoms with Gasteiger partial charge < -0.3 is 15.2 Å². The second-order valence-corrected chi connectivity index (χ2v) is 5.32. The molecule has 0 aliphatic carbocycles. The van der Waals surface area contributed by atoms with Gasteiger partial charge in [0, 0.05) is 23.9 Å². The summed E-state index contributed by atoms with van der Waals surface area (Å²) < 4.78 is 11.3. The molecule has 0 unspecified atom stereocenters. The summed E-state index contributed by atoms with van der Waals surface area (Å²) in [6, 6.07) is 6.07. The number of aromatic nitrogens is 1. The first-order valence-corrected chi connectivity index (χ1v) is 6.71. The van der Waals surface area contributed by atoms with E-state index < -0.39 is 0 Å². The maximum atomic E-state index is 5.67. The molecule has 2 aromatic rings. The van der Waals surface area contributed by atoms with E-state index in [2.05, 4.69) is 11.1 Å². The maximum Gasteiger partial charge on any atom is 0.180 e. The predicted octanol–water partition coefficient (Wildman–Crippen LogP) is 2.48. The highest BCUT2D eigenvalue weighted by atomic mass is 32.1. The van der Waals surface area contributed by atoms with Gasteiger partial charge in [0.25, 0.3) is 0 Å². The van der Waals surface area contributed by atoms with Gasteiger partial charge in [-0.15, -0.1) is 11.3 Å². The van der Waals surface area contributed by atoms with E-state index in [0.29, 0.717) is 11.7 Å². The van der Waals surface area contributed by atoms with Gasteiger partial charge in [0.2, 0.25) is 0 Å². The summed E-state index contributed by atoms with van der Waals surface area (Å²) in [6.07, 6.45) is 3.57. The largest absolute Gasteiger partial charge is 0.490 e. The summed E-state index contributed by atoms with van der Waals surface area (Å²) in [5.74, 6) is 1.67. The van der Waals surface area contributed by atoms with E-state index in [9.17, 15) is 0 Å². The SMILES string of the molecule is Nc1ncc(Cc2ccc3c(c2)OCCCO3)s1. The molecule has 2 heterocycles. The molecule has 2 N–H and O–H groups in total. The Morgan fingerprint density at radius 1 is 1.22 bits per heavy atom. The molecule has 0 atom stereocenters. The van der Waals surface area contributed by atoms with Gasteiger partial charge in [-0.2, -0.15) is 0 Å². The average molecular weight is 262 g/mol. The molecule has 18 heavy (non-hydrogen) atoms. The molecule has 1 aliphatic heterocycles. The lowest BCUT2D eigenvalue weighted by molar-refractivity contribution is 0.297. The third-order valence-corrected chi connectivity index (χ3v) is 3.59. The minimum atomic E-state index is 0.611. The highest BCUT2D eigenvalue weighted by molar-refractivity contribution is 7.15. The van der Waals surface area contributed by atoms with E-state index >= 15 is 0 Å². The molecule has 0 fully saturated rings. The molecule has 0 amide bonds. The molecule has 0 spiro atoms. The van der Waals surface area contributed by atoms with Crippen molar-refractivity contribution >= 4 is 16.5 Å². The molecule has 5 heteroatoms. The molecule has 1 aromatic carbocycles. The van der Waals surface area contributed by atoms with Crippen LogP contribution in [0.15, 0.2) is 24.4 Å². The van der Waals surface area contributed by atoms with Crippen LogP contribution in [0.5, 0.6) is 11.5 Å². The predicted molar refractivity (Wildman–Crippen MR) is 71.4 cm³/mol. The monoisotopic (exact) mass is 262 g/mol. The van der Waals surface area contributed by atoms with E-state index in [4.69, 9.17) is 15.2 Å². The van der Waals surface area contributed by atoms with Crippen molar-refractivity contribution in [2.45, 2.75) is 12.8 Å². The van der Waals surface area contributed by atoms with Crippen LogP contribution >= 0.6 is 11.3 Å². The third-order valence-electron chi connectivity index (χ3n) is 2.76. The van der Waals surface area contributed by atoms with E-state index in [0.717, 1.165) is 35.8 Å². The Kier molecular flexibility index (Phi) is 3.06. The molecular formula is C13H14N2O2S. The van der Waals surface area contributed by atoms with Crippen molar-refractivity contribution in [1.82, 2.24) is 4.98 Å². The molecule has 94 valence electrons. The fourth-order valence-corrected chi connectivity index (χ4v) is 2.64. The molecule has 0 bridgehead atoms. The standard InChI is InChI=1S/C13H14N2O2S/c14-13-15-8-10(18-13)6-9-2-3-11-12(7-9)17-5-1-4-16-11/h2-3,7-8H,1,4-6H2,(H2,14,15). The van der Waals surface area contributed by atoms with E-state index in [1.54, 1.807) is 0 Å². The van der Waals surface area contributed by atoms with Crippen LogP contribution in [0.1, 0.15) is 16.9 Å². The summed E-state index contributed by atoms with van der Waals surface area (Å²) in [5.41, 5.74) is 6.81. The van der Waals surface area contributed by atoms with Gasteiger partial charge in [-0.1, -0.05) is 6.07 Å². The minimum Gasteiger partial charge on any atom is -0.490 e. The zero-order valence-corrected chi connectivity index (χ0v) is 10.7. The molecule has 4 nitrogen and oxygen atoms in total. The number of ether oxygens (including phenoxy) is 2. The summed E-state index contributed by atoms with van der Waals surface area (Å²) in [7, 11) is 0. The summed E-state index contributed by atoms with van der Waals surface area (Å²) in [6.45, 7) is 1.43. The Morgan fingerprint density at radius 3 is 2.83 bits per heavy atom. The summed E-state index contributed by atoms with van der Waals surface area (Å²) >= 11 is 1.52. The summed E-state index contributed by atoms with van der Waals surface area (Å²) in [5, 5.41) is 0.611. The number of nitrogen functional groups attached to an aromatic ring is 1. The van der Waals surface area contributed by atoms with Crippen LogP contribution in [-0.2, 0) is 6.42 Å². The molecule has 3 rings (SSSR count). The highest BCUT2D eigenvalue weighted by Gasteiger charge is 2.11. The molecule has 1 aromatic heterocycles. The van der Waals surface area contributed by atoms with E-state index in [1.165, 1.54) is 16.9 Å². The molecule has 0 saturated heterocycles. The molecule has 0 radical (unpaired) electrons. The Morgan fingerprint density at radius 2 is 2.06 bits per heavy atom. The van der Waals surface area contributed by atoms with Crippen LogP contribution in [0.3, 0.4) is 0 Å². The molecule has 0 saturated carbocycles. The zero-order chi connectivity index (χ0) is 12.4. The van der Waals surface area contributed by atoms with Crippen LogP contribution in [-0.4, -0.2) is 18.2 Å². The van der Waals surface area contributed by atoms with Crippen molar-refractivity contribution in [3.8, 4) is 11.5 Å². The van der Waals surface area contributed by atoms with Crippen molar-refractivity contribution < 1.29 is 9.47 Å². The number of anilines is 1. The Hall–Kier alpha value is -1.75. The first-order valence-electron chi connectivity index (χ1n) is 5.90. The number of fused-ring (bicyclic) bond motifs is 1. The van der Waals surface area contributed by atoms with E-state index in [1.807, 2.05) is 18.3 Å². The number of nitrogens with zero attached hydrogens (tertiary/aromatic N) is 1. The second kappa shape index (κ2) is 4.86. The van der Waals surface area contributed by atoms with Crippen LogP contribution in [0, 0.1) is 0 Å². The van der Waals surface area contributed by atoms with Crippen LogP contribution in [0.2, 0.25) is 0 Å². The smallest absolute Gasteiger partial charge is 0.180 e. The Balaban J connectivity index is 1.83. The number of thiazole rings is 1. The molecular weight excluding hydrogens is 248 g/mol. The topological polar surface area (TPSA) is 57.4 Å². The minimum absolute atomic E-state index is 0.611. The van der Waals surface area contributed by atoms with Crippen molar-refractivity contribution in [3.63, 3.8) is 0 Å². The third kappa shape index (κ3) is 2.41. The highest BCUT2D eigenvalue weighted by Crippen LogP contribution is 2.31. The second-order valence-electron chi connectivity index (χ2n) is 4.17. The maximum absolute atomic E-state index is 5.67. The van der Waals surface area contributed by atoms with Crippen molar-refractivity contribution in [3.05, 3.63) is 34.8 Å². The summed E-state index contributed by atoms with van der Waals surface area (Å²) in [4.78, 5) is 5.21. The fraction of sp³-hybridized carbons (Fsp3) is 0.308. The van der Waals surface area contributed by atoms with Crippen LogP contribution in [0.25, 0.3) is 0 Å². The lowest BCUT2D eigenvalue weighted by Crippen LogP contribution is -1.97. The van der Waals surface area contributed by atoms with Crippen LogP contribution < -0.4 is 15.2 Å². The van der Waals surface area contributed by atoms with Crippen LogP contribution in [0.4, 0.5) is 5.13 Å². The number of nitrogens with two attached hydrogens (primary N) is 1. The fourth-order valence-electron chi connectivity index (χ4n) is 1.92. The van der Waals surface area contributed by atoms with E-state index in [-0.39, 0.29) is 0 Å². The van der Waals surface area contributed by atoms with Gasteiger partial charge in [0.05, 0.1) is 13.2 Å². The number of benzene rings is 1. The first-order chi connectivity index (χ1) is 8.81. The van der Waals surface area contributed by atoms with Gasteiger partial charge in [-0.25, -0.2) is 4.98 Å². The van der Waals surface area contributed by atoms with Gasteiger partial charge >= 0.3 is 0 Å². The molecule has 1 aliphatic rings. The van der Waals surface area contributed by atoms with Gasteiger partial charge in [-0.3, -0.25) is 0 Å². The Bertz CT molecular complexity index is 554. The van der Waals surface area contributed by atoms with Gasteiger partial charge in [-0.05, 0) is 17.7 Å². The lowest BCUT2D eigenvalue weighted by atomic mass is 10.1. The van der Waals surface area contributed by atoms with Crippen molar-refractivity contribution in [2.75, 3.05) is 18.9 Å². The number of hydrogen-bond acceptors (Lipinski definition) is 5. The Labute approximate surface area is 109 Å². The zero-order valence-electron chi connectivity index (χ0n) is 9.89. The number of hydrogen-bond donors (Lipinski definition) is 1. The average Bonchev–Trinajstić information content (AvgIpc) is 2.64. The first kappa shape index (κ1) is 11.3. The van der Waals surface area contributed by atoms with Crippen molar-refractivity contribution in [2.24, 2.45) is 0 Å². The van der Waals surface area contributed by atoms with Crippen molar-refractivity contribution in [1.29, 1.82) is 0 Å². The quantitative estimate of drug-likeness (QED) is 0.903. The van der Waals surface area contributed by atoms with Gasteiger partial charge in [0.15, 0.2) is 16.6 Å². The normalized spacial score (nSPS) is 14.2. The number of rotatable bonds is 2. The lowest BCUT2D eigenvalue weighted by Gasteiger charge is -2.08. The van der Waals surface area contributed by atoms with Gasteiger partial charge in [0.1, 0.15) is 0 Å².